The Bertz CT molecular complexity index is 885. The minimum absolute atomic E-state index is 0.317. The van der Waals surface area contributed by atoms with Crippen molar-refractivity contribution in [2.45, 2.75) is 25.3 Å². The highest BCUT2D eigenvalue weighted by molar-refractivity contribution is 7.14. The maximum absolute atomic E-state index is 12.1. The number of pyridine rings is 1. The average Bonchev–Trinajstić information content (AvgIpc) is 3.25. The van der Waals surface area contributed by atoms with Crippen molar-refractivity contribution in [2.75, 3.05) is 5.32 Å². The molecule has 0 atom stereocenters. The molecular formula is C16H17N7OS. The van der Waals surface area contributed by atoms with Crippen LogP contribution >= 0.6 is 11.3 Å². The third-order valence-electron chi connectivity index (χ3n) is 4.03. The van der Waals surface area contributed by atoms with Crippen LogP contribution in [0.1, 0.15) is 30.4 Å². The normalized spacial score (nSPS) is 13.6. The van der Waals surface area contributed by atoms with E-state index in [-0.39, 0.29) is 6.03 Å². The number of aromatic nitrogens is 5. The fourth-order valence-corrected chi connectivity index (χ4v) is 3.22. The van der Waals surface area contributed by atoms with Gasteiger partial charge in [-0.05, 0) is 25.0 Å². The highest BCUT2D eigenvalue weighted by atomic mass is 32.1. The van der Waals surface area contributed by atoms with Crippen molar-refractivity contribution < 1.29 is 4.79 Å². The quantitative estimate of drug-likeness (QED) is 0.733. The number of thiazole rings is 1. The Morgan fingerprint density at radius 1 is 1.40 bits per heavy atom. The summed E-state index contributed by atoms with van der Waals surface area (Å²) >= 11 is 1.37. The maximum atomic E-state index is 12.1. The Kier molecular flexibility index (Phi) is 4.14. The monoisotopic (exact) mass is 355 g/mol. The number of carbonyl (C=O) groups excluding carboxylic acids is 1. The lowest BCUT2D eigenvalue weighted by Gasteiger charge is -2.06. The van der Waals surface area contributed by atoms with E-state index in [2.05, 4.69) is 30.8 Å². The zero-order chi connectivity index (χ0) is 17.2. The van der Waals surface area contributed by atoms with E-state index in [9.17, 15) is 4.79 Å². The summed E-state index contributed by atoms with van der Waals surface area (Å²) in [7, 11) is 1.93. The van der Waals surface area contributed by atoms with Crippen LogP contribution in [0.2, 0.25) is 0 Å². The van der Waals surface area contributed by atoms with Crippen LogP contribution in [-0.4, -0.2) is 30.8 Å². The first-order chi connectivity index (χ1) is 12.2. The second-order valence-corrected chi connectivity index (χ2v) is 6.75. The molecule has 0 radical (unpaired) electrons. The van der Waals surface area contributed by atoms with Crippen molar-refractivity contribution in [2.24, 2.45) is 7.05 Å². The fourth-order valence-electron chi connectivity index (χ4n) is 2.50. The first kappa shape index (κ1) is 15.7. The van der Waals surface area contributed by atoms with Crippen LogP contribution in [0.15, 0.2) is 29.9 Å². The van der Waals surface area contributed by atoms with Crippen molar-refractivity contribution in [3.8, 4) is 11.3 Å². The molecule has 1 fully saturated rings. The number of urea groups is 1. The predicted octanol–water partition coefficient (Wildman–Crippen LogP) is 2.53. The van der Waals surface area contributed by atoms with Crippen LogP contribution in [0.3, 0.4) is 0 Å². The van der Waals surface area contributed by atoms with Gasteiger partial charge in [-0.3, -0.25) is 10.3 Å². The average molecular weight is 355 g/mol. The van der Waals surface area contributed by atoms with Gasteiger partial charge in [0.05, 0.1) is 12.2 Å². The number of anilines is 1. The molecule has 3 heterocycles. The summed E-state index contributed by atoms with van der Waals surface area (Å²) in [6.45, 7) is 0.322. The molecule has 25 heavy (non-hydrogen) atoms. The number of hydrogen-bond acceptors (Lipinski definition) is 6. The topological polar surface area (TPSA) is 97.6 Å². The second kappa shape index (κ2) is 6.60. The molecule has 4 rings (SSSR count). The van der Waals surface area contributed by atoms with E-state index in [0.29, 0.717) is 17.6 Å². The summed E-state index contributed by atoms with van der Waals surface area (Å²) in [6.07, 6.45) is 5.79. The lowest BCUT2D eigenvalue weighted by atomic mass is 10.2. The molecule has 0 bridgehead atoms. The maximum Gasteiger partial charge on any atom is 0.321 e. The Morgan fingerprint density at radius 3 is 3.04 bits per heavy atom. The van der Waals surface area contributed by atoms with Crippen molar-refractivity contribution in [1.29, 1.82) is 0 Å². The molecule has 0 saturated heterocycles. The molecule has 0 aliphatic heterocycles. The van der Waals surface area contributed by atoms with Gasteiger partial charge in [-0.2, -0.15) is 0 Å². The smallest absolute Gasteiger partial charge is 0.321 e. The number of amides is 2. The SMILES string of the molecule is Cn1c(CNC(=O)Nc2nc(-c3cccnc3)cs2)nnc1C1CC1. The summed E-state index contributed by atoms with van der Waals surface area (Å²) in [6, 6.07) is 3.46. The van der Waals surface area contributed by atoms with Crippen LogP contribution in [-0.2, 0) is 13.6 Å². The molecule has 128 valence electrons. The van der Waals surface area contributed by atoms with Gasteiger partial charge in [-0.1, -0.05) is 0 Å². The van der Waals surface area contributed by atoms with E-state index in [1.54, 1.807) is 12.4 Å². The van der Waals surface area contributed by atoms with E-state index in [1.807, 2.05) is 29.1 Å². The van der Waals surface area contributed by atoms with Crippen molar-refractivity contribution in [1.82, 2.24) is 30.0 Å². The standard InChI is InChI=1S/C16H17N7OS/c1-23-13(21-22-14(23)10-4-5-10)8-18-15(24)20-16-19-12(9-25-16)11-3-2-6-17-7-11/h2-3,6-7,9-10H,4-5,8H2,1H3,(H2,18,19,20,24). The fraction of sp³-hybridized carbons (Fsp3) is 0.312. The summed E-state index contributed by atoms with van der Waals surface area (Å²) in [4.78, 5) is 20.5. The first-order valence-electron chi connectivity index (χ1n) is 7.99. The Hall–Kier alpha value is -2.81. The van der Waals surface area contributed by atoms with Gasteiger partial charge in [-0.25, -0.2) is 9.78 Å². The first-order valence-corrected chi connectivity index (χ1v) is 8.87. The highest BCUT2D eigenvalue weighted by Gasteiger charge is 2.29. The van der Waals surface area contributed by atoms with Crippen LogP contribution in [0.25, 0.3) is 11.3 Å². The van der Waals surface area contributed by atoms with Gasteiger partial charge in [0, 0.05) is 36.3 Å². The van der Waals surface area contributed by atoms with Crippen molar-refractivity contribution >= 4 is 22.5 Å². The van der Waals surface area contributed by atoms with E-state index >= 15 is 0 Å². The number of nitrogens with one attached hydrogen (secondary N) is 2. The van der Waals surface area contributed by atoms with Crippen LogP contribution < -0.4 is 10.6 Å². The number of nitrogens with zero attached hydrogens (tertiary/aromatic N) is 5. The van der Waals surface area contributed by atoms with Crippen molar-refractivity contribution in [3.05, 3.63) is 41.6 Å². The van der Waals surface area contributed by atoms with E-state index in [4.69, 9.17) is 0 Å². The molecule has 1 aliphatic rings. The highest BCUT2D eigenvalue weighted by Crippen LogP contribution is 2.38. The molecule has 2 amide bonds. The Labute approximate surface area is 148 Å². The summed E-state index contributed by atoms with van der Waals surface area (Å²) < 4.78 is 1.96. The van der Waals surface area contributed by atoms with Gasteiger partial charge in [0.2, 0.25) is 0 Å². The third-order valence-corrected chi connectivity index (χ3v) is 4.79. The Morgan fingerprint density at radius 2 is 2.28 bits per heavy atom. The molecule has 3 aromatic heterocycles. The molecule has 0 unspecified atom stereocenters. The summed E-state index contributed by atoms with van der Waals surface area (Å²) in [5, 5.41) is 16.3. The molecular weight excluding hydrogens is 338 g/mol. The summed E-state index contributed by atoms with van der Waals surface area (Å²) in [5.74, 6) is 2.27. The molecule has 0 spiro atoms. The molecule has 9 heteroatoms. The third kappa shape index (κ3) is 3.50. The number of hydrogen-bond donors (Lipinski definition) is 2. The zero-order valence-corrected chi connectivity index (χ0v) is 14.5. The molecule has 1 aliphatic carbocycles. The molecule has 8 nitrogen and oxygen atoms in total. The second-order valence-electron chi connectivity index (χ2n) is 5.89. The minimum Gasteiger partial charge on any atom is -0.331 e. The van der Waals surface area contributed by atoms with Gasteiger partial charge in [-0.15, -0.1) is 21.5 Å². The van der Waals surface area contributed by atoms with Gasteiger partial charge in [0.25, 0.3) is 0 Å². The zero-order valence-electron chi connectivity index (χ0n) is 13.6. The number of carbonyl (C=O) groups is 1. The molecule has 1 saturated carbocycles. The van der Waals surface area contributed by atoms with E-state index in [0.717, 1.165) is 22.9 Å². The van der Waals surface area contributed by atoms with Gasteiger partial charge >= 0.3 is 6.03 Å². The minimum atomic E-state index is -0.317. The Balaban J connectivity index is 1.34. The molecule has 3 aromatic rings. The van der Waals surface area contributed by atoms with E-state index in [1.165, 1.54) is 24.2 Å². The summed E-state index contributed by atoms with van der Waals surface area (Å²) in [5.41, 5.74) is 1.70. The van der Waals surface area contributed by atoms with Gasteiger partial charge < -0.3 is 9.88 Å². The van der Waals surface area contributed by atoms with Gasteiger partial charge in [0.15, 0.2) is 11.0 Å². The van der Waals surface area contributed by atoms with Crippen LogP contribution in [0.5, 0.6) is 0 Å². The number of rotatable bonds is 5. The van der Waals surface area contributed by atoms with Crippen molar-refractivity contribution in [3.63, 3.8) is 0 Å². The predicted molar refractivity (Wildman–Crippen MR) is 94.2 cm³/mol. The van der Waals surface area contributed by atoms with Crippen LogP contribution in [0.4, 0.5) is 9.93 Å². The van der Waals surface area contributed by atoms with Crippen LogP contribution in [0, 0.1) is 0 Å². The molecule has 2 N–H and O–H groups in total. The lowest BCUT2D eigenvalue weighted by molar-refractivity contribution is 0.251. The van der Waals surface area contributed by atoms with E-state index < -0.39 is 0 Å². The molecule has 0 aromatic carbocycles. The largest absolute Gasteiger partial charge is 0.331 e. The lowest BCUT2D eigenvalue weighted by Crippen LogP contribution is -2.29. The van der Waals surface area contributed by atoms with Gasteiger partial charge in [0.1, 0.15) is 5.82 Å².